The highest BCUT2D eigenvalue weighted by molar-refractivity contribution is 5.62. The summed E-state index contributed by atoms with van der Waals surface area (Å²) in [5.74, 6) is 0. The minimum atomic E-state index is -0.643. The number of para-hydroxylation sites is 1. The van der Waals surface area contributed by atoms with Crippen LogP contribution < -0.4 is 0 Å². The normalized spacial score (nSPS) is 26.0. The predicted molar refractivity (Wildman–Crippen MR) is 116 cm³/mol. The molecule has 2 aliphatic carbocycles. The minimum Gasteiger partial charge on any atom is -0.396 e. The van der Waals surface area contributed by atoms with E-state index in [0.717, 1.165) is 36.2 Å². The van der Waals surface area contributed by atoms with E-state index in [4.69, 9.17) is 0 Å². The van der Waals surface area contributed by atoms with Crippen molar-refractivity contribution in [2.75, 3.05) is 6.61 Å². The molecule has 1 aromatic carbocycles. The van der Waals surface area contributed by atoms with Crippen molar-refractivity contribution in [1.29, 1.82) is 0 Å². The van der Waals surface area contributed by atoms with Crippen molar-refractivity contribution in [2.45, 2.75) is 38.7 Å². The van der Waals surface area contributed by atoms with Crippen LogP contribution >= 0.6 is 0 Å². The van der Waals surface area contributed by atoms with Gasteiger partial charge in [-0.05, 0) is 61.1 Å². The van der Waals surface area contributed by atoms with Crippen LogP contribution in [0.5, 0.6) is 0 Å². The van der Waals surface area contributed by atoms with Crippen molar-refractivity contribution in [3.05, 3.63) is 83.4 Å². The van der Waals surface area contributed by atoms with Gasteiger partial charge in [-0.3, -0.25) is 4.98 Å². The van der Waals surface area contributed by atoms with Crippen molar-refractivity contribution in [2.24, 2.45) is 10.8 Å². The molecule has 1 fully saturated rings. The second-order valence-corrected chi connectivity index (χ2v) is 8.93. The molecule has 5 heteroatoms. The van der Waals surface area contributed by atoms with Crippen molar-refractivity contribution in [3.63, 3.8) is 0 Å². The molecule has 1 saturated carbocycles. The molecule has 0 radical (unpaired) electrons. The standard InChI is InChI=1S/C25H27N3O2/c1-24-13-19-16-27-28(21-7-3-2-4-8-21)22(19)12-20(24)9-10-25(24,17-29)14-23(30)18-6-5-11-26-15-18/h2-8,11-12,15-16,23,29-30H,9-10,13-14,17H2,1H3/t23?,24-,25-/m0/s1. The number of fused-ring (bicyclic) bond motifs is 2. The Balaban J connectivity index is 1.50. The molecule has 30 heavy (non-hydrogen) atoms. The van der Waals surface area contributed by atoms with Crippen LogP contribution in [0.2, 0.25) is 0 Å². The fraction of sp³-hybridized carbons (Fsp3) is 0.360. The lowest BCUT2D eigenvalue weighted by Gasteiger charge is -2.46. The van der Waals surface area contributed by atoms with E-state index in [2.05, 4.69) is 35.2 Å². The number of benzene rings is 1. The molecule has 2 heterocycles. The van der Waals surface area contributed by atoms with E-state index in [0.29, 0.717) is 6.42 Å². The number of nitrogens with zero attached hydrogens (tertiary/aromatic N) is 3. The zero-order valence-corrected chi connectivity index (χ0v) is 17.2. The third-order valence-corrected chi connectivity index (χ3v) is 7.45. The number of allylic oxidation sites excluding steroid dienone is 1. The van der Waals surface area contributed by atoms with E-state index in [1.807, 2.05) is 41.2 Å². The first-order valence-corrected chi connectivity index (χ1v) is 10.6. The molecule has 0 amide bonds. The van der Waals surface area contributed by atoms with Crippen molar-refractivity contribution in [3.8, 4) is 5.69 Å². The van der Waals surface area contributed by atoms with Gasteiger partial charge >= 0.3 is 0 Å². The Bertz CT molecular complexity index is 1080. The Hall–Kier alpha value is -2.76. The highest BCUT2D eigenvalue weighted by atomic mass is 16.3. The minimum absolute atomic E-state index is 0.0559. The molecule has 1 unspecified atom stereocenters. The van der Waals surface area contributed by atoms with Crippen LogP contribution in [0, 0.1) is 10.8 Å². The fourth-order valence-corrected chi connectivity index (χ4v) is 5.51. The first-order valence-electron chi connectivity index (χ1n) is 10.6. The molecule has 2 N–H and O–H groups in total. The molecule has 0 bridgehead atoms. The summed E-state index contributed by atoms with van der Waals surface area (Å²) in [7, 11) is 0. The van der Waals surface area contributed by atoms with Gasteiger partial charge in [-0.1, -0.05) is 36.8 Å². The van der Waals surface area contributed by atoms with Crippen molar-refractivity contribution >= 4 is 6.08 Å². The summed E-state index contributed by atoms with van der Waals surface area (Å²) in [4.78, 5) is 4.14. The van der Waals surface area contributed by atoms with Gasteiger partial charge < -0.3 is 10.2 Å². The summed E-state index contributed by atoms with van der Waals surface area (Å²) in [5.41, 5.74) is 4.96. The highest BCUT2D eigenvalue weighted by Gasteiger charge is 2.56. The molecular formula is C25H27N3O2. The Morgan fingerprint density at radius 2 is 1.97 bits per heavy atom. The monoisotopic (exact) mass is 401 g/mol. The van der Waals surface area contributed by atoms with E-state index in [-0.39, 0.29) is 17.4 Å². The number of aliphatic hydroxyl groups is 2. The van der Waals surface area contributed by atoms with Gasteiger partial charge in [0.05, 0.1) is 23.7 Å². The van der Waals surface area contributed by atoms with Crippen molar-refractivity contribution < 1.29 is 10.2 Å². The average Bonchev–Trinajstić information content (AvgIpc) is 3.31. The molecule has 3 atom stereocenters. The van der Waals surface area contributed by atoms with Gasteiger partial charge in [0.15, 0.2) is 0 Å². The first kappa shape index (κ1) is 19.2. The van der Waals surface area contributed by atoms with E-state index in [1.165, 1.54) is 11.1 Å². The number of hydrogen-bond donors (Lipinski definition) is 2. The molecule has 5 nitrogen and oxygen atoms in total. The number of aromatic nitrogens is 3. The largest absolute Gasteiger partial charge is 0.396 e. The molecule has 5 rings (SSSR count). The Labute approximate surface area is 176 Å². The molecule has 0 saturated heterocycles. The molecular weight excluding hydrogens is 374 g/mol. The summed E-state index contributed by atoms with van der Waals surface area (Å²) in [6.07, 6.45) is 10.1. The van der Waals surface area contributed by atoms with Crippen LogP contribution in [0.4, 0.5) is 0 Å². The van der Waals surface area contributed by atoms with Gasteiger partial charge in [0.2, 0.25) is 0 Å². The molecule has 2 aromatic heterocycles. The van der Waals surface area contributed by atoms with Crippen LogP contribution in [0.1, 0.15) is 49.1 Å². The maximum atomic E-state index is 10.9. The van der Waals surface area contributed by atoms with Crippen LogP contribution in [0.3, 0.4) is 0 Å². The Morgan fingerprint density at radius 1 is 1.13 bits per heavy atom. The SMILES string of the molecule is C[C@]12Cc3cnn(-c4ccccc4)c3C=C1CC[C@@]2(CO)CC(O)c1cccnc1. The lowest BCUT2D eigenvalue weighted by atomic mass is 9.59. The molecule has 154 valence electrons. The van der Waals surface area contributed by atoms with Crippen LogP contribution in [-0.2, 0) is 6.42 Å². The number of pyridine rings is 1. The zero-order chi connectivity index (χ0) is 20.8. The smallest absolute Gasteiger partial charge is 0.0811 e. The summed E-state index contributed by atoms with van der Waals surface area (Å²) >= 11 is 0. The predicted octanol–water partition coefficient (Wildman–Crippen LogP) is 4.11. The van der Waals surface area contributed by atoms with Crippen molar-refractivity contribution in [1.82, 2.24) is 14.8 Å². The van der Waals surface area contributed by atoms with Gasteiger partial charge in [-0.15, -0.1) is 0 Å². The van der Waals surface area contributed by atoms with Gasteiger partial charge in [-0.2, -0.15) is 5.10 Å². The lowest BCUT2D eigenvalue weighted by Crippen LogP contribution is -2.43. The van der Waals surface area contributed by atoms with Gasteiger partial charge in [-0.25, -0.2) is 4.68 Å². The molecule has 2 aliphatic rings. The van der Waals surface area contributed by atoms with Crippen LogP contribution in [-0.4, -0.2) is 31.6 Å². The maximum absolute atomic E-state index is 10.9. The maximum Gasteiger partial charge on any atom is 0.0811 e. The van der Waals surface area contributed by atoms with Gasteiger partial charge in [0.1, 0.15) is 0 Å². The topological polar surface area (TPSA) is 71.2 Å². The molecule has 0 aliphatic heterocycles. The Kier molecular flexibility index (Phi) is 4.60. The average molecular weight is 402 g/mol. The third kappa shape index (κ3) is 2.84. The Morgan fingerprint density at radius 3 is 2.70 bits per heavy atom. The van der Waals surface area contributed by atoms with E-state index >= 15 is 0 Å². The second kappa shape index (κ2) is 7.18. The van der Waals surface area contributed by atoms with Gasteiger partial charge in [0.25, 0.3) is 0 Å². The first-order chi connectivity index (χ1) is 14.6. The lowest BCUT2D eigenvalue weighted by molar-refractivity contribution is -0.0139. The summed E-state index contributed by atoms with van der Waals surface area (Å²) < 4.78 is 2.01. The van der Waals surface area contributed by atoms with Crippen LogP contribution in [0.25, 0.3) is 11.8 Å². The number of hydrogen-bond acceptors (Lipinski definition) is 4. The summed E-state index contributed by atoms with van der Waals surface area (Å²) in [6.45, 7) is 2.31. The van der Waals surface area contributed by atoms with Crippen LogP contribution in [0.15, 0.2) is 66.6 Å². The second-order valence-electron chi connectivity index (χ2n) is 8.93. The van der Waals surface area contributed by atoms with Gasteiger partial charge in [0, 0.05) is 29.8 Å². The summed E-state index contributed by atoms with van der Waals surface area (Å²) in [6, 6.07) is 13.9. The van der Waals surface area contributed by atoms with E-state index in [9.17, 15) is 10.2 Å². The summed E-state index contributed by atoms with van der Waals surface area (Å²) in [5, 5.41) is 26.2. The molecule has 0 spiro atoms. The number of aliphatic hydroxyl groups excluding tert-OH is 2. The highest BCUT2D eigenvalue weighted by Crippen LogP contribution is 2.62. The zero-order valence-electron chi connectivity index (χ0n) is 17.2. The number of rotatable bonds is 5. The third-order valence-electron chi connectivity index (χ3n) is 7.45. The quantitative estimate of drug-likeness (QED) is 0.675. The molecule has 3 aromatic rings. The fourth-order valence-electron chi connectivity index (χ4n) is 5.51. The van der Waals surface area contributed by atoms with E-state index < -0.39 is 6.10 Å². The van der Waals surface area contributed by atoms with E-state index in [1.54, 1.807) is 12.4 Å².